The number of quaternary nitrogens is 2. The predicted molar refractivity (Wildman–Crippen MR) is 114 cm³/mol. The van der Waals surface area contributed by atoms with E-state index in [4.69, 9.17) is 0 Å². The predicted octanol–water partition coefficient (Wildman–Crippen LogP) is 0.497. The SMILES string of the molecule is Cc1ccc(CNC(=O)[C@@H](C)[NH+]2CC[NH+](C/C=C/c3ccccc3)CC2)cc1. The summed E-state index contributed by atoms with van der Waals surface area (Å²) in [5.74, 6) is 0.156. The lowest BCUT2D eigenvalue weighted by Gasteiger charge is -2.32. The normalized spacial score (nSPS) is 20.8. The van der Waals surface area contributed by atoms with Crippen molar-refractivity contribution >= 4 is 12.0 Å². The first kappa shape index (κ1) is 20.3. The number of nitrogens with one attached hydrogen (secondary N) is 3. The highest BCUT2D eigenvalue weighted by Gasteiger charge is 2.30. The molecule has 2 aromatic carbocycles. The molecule has 3 N–H and O–H groups in total. The highest BCUT2D eigenvalue weighted by atomic mass is 16.2. The van der Waals surface area contributed by atoms with E-state index in [9.17, 15) is 4.79 Å². The molecule has 1 aliphatic rings. The van der Waals surface area contributed by atoms with Gasteiger partial charge in [-0.15, -0.1) is 0 Å². The molecule has 1 amide bonds. The van der Waals surface area contributed by atoms with Crippen molar-refractivity contribution in [1.82, 2.24) is 5.32 Å². The second-order valence-corrected chi connectivity index (χ2v) is 7.85. The van der Waals surface area contributed by atoms with Crippen LogP contribution in [0.25, 0.3) is 6.08 Å². The van der Waals surface area contributed by atoms with Gasteiger partial charge in [0.05, 0.1) is 6.54 Å². The van der Waals surface area contributed by atoms with E-state index < -0.39 is 0 Å². The zero-order valence-corrected chi connectivity index (χ0v) is 17.1. The van der Waals surface area contributed by atoms with Crippen LogP contribution in [0.5, 0.6) is 0 Å². The monoisotopic (exact) mass is 379 g/mol. The van der Waals surface area contributed by atoms with Crippen molar-refractivity contribution in [3.63, 3.8) is 0 Å². The molecule has 148 valence electrons. The molecule has 1 fully saturated rings. The third kappa shape index (κ3) is 6.04. The van der Waals surface area contributed by atoms with Crippen LogP contribution in [-0.4, -0.2) is 44.7 Å². The molecule has 0 saturated carbocycles. The Labute approximate surface area is 168 Å². The van der Waals surface area contributed by atoms with Gasteiger partial charge in [0, 0.05) is 6.54 Å². The van der Waals surface area contributed by atoms with Crippen molar-refractivity contribution in [3.8, 4) is 0 Å². The Bertz CT molecular complexity index is 762. The van der Waals surface area contributed by atoms with Crippen molar-refractivity contribution < 1.29 is 14.6 Å². The number of aryl methyl sites for hydroxylation is 1. The fourth-order valence-corrected chi connectivity index (χ4v) is 3.72. The number of benzene rings is 2. The van der Waals surface area contributed by atoms with Crippen LogP contribution in [0.15, 0.2) is 60.7 Å². The summed E-state index contributed by atoms with van der Waals surface area (Å²) in [6.07, 6.45) is 4.47. The molecule has 0 spiro atoms. The van der Waals surface area contributed by atoms with E-state index in [1.165, 1.54) is 16.0 Å². The second-order valence-electron chi connectivity index (χ2n) is 7.85. The number of rotatable bonds is 7. The zero-order valence-electron chi connectivity index (χ0n) is 17.1. The minimum atomic E-state index is 0.00635. The van der Waals surface area contributed by atoms with Crippen LogP contribution in [0, 0.1) is 6.92 Å². The molecule has 0 aromatic heterocycles. The molecular formula is C24H33N3O+2. The molecule has 4 nitrogen and oxygen atoms in total. The average Bonchev–Trinajstić information content (AvgIpc) is 2.74. The maximum absolute atomic E-state index is 12.5. The first-order valence-electron chi connectivity index (χ1n) is 10.3. The summed E-state index contributed by atoms with van der Waals surface area (Å²) in [6.45, 7) is 10.1. The molecule has 0 radical (unpaired) electrons. The van der Waals surface area contributed by atoms with Gasteiger partial charge in [-0.3, -0.25) is 4.79 Å². The van der Waals surface area contributed by atoms with Crippen molar-refractivity contribution in [2.24, 2.45) is 0 Å². The third-order valence-corrected chi connectivity index (χ3v) is 5.71. The molecule has 0 aliphatic carbocycles. The largest absolute Gasteiger partial charge is 0.347 e. The zero-order chi connectivity index (χ0) is 19.8. The van der Waals surface area contributed by atoms with Crippen LogP contribution in [0.4, 0.5) is 0 Å². The molecule has 28 heavy (non-hydrogen) atoms. The molecular weight excluding hydrogens is 346 g/mol. The van der Waals surface area contributed by atoms with Crippen LogP contribution in [-0.2, 0) is 11.3 Å². The number of hydrogen-bond acceptors (Lipinski definition) is 1. The molecule has 4 heteroatoms. The van der Waals surface area contributed by atoms with E-state index in [2.05, 4.69) is 79.8 Å². The van der Waals surface area contributed by atoms with Gasteiger partial charge in [0.1, 0.15) is 26.2 Å². The Kier molecular flexibility index (Phi) is 7.40. The summed E-state index contributed by atoms with van der Waals surface area (Å²) >= 11 is 0. The van der Waals surface area contributed by atoms with Gasteiger partial charge in [0.2, 0.25) is 0 Å². The highest BCUT2D eigenvalue weighted by Crippen LogP contribution is 2.02. The third-order valence-electron chi connectivity index (χ3n) is 5.71. The number of amides is 1. The van der Waals surface area contributed by atoms with Gasteiger partial charge in [0.15, 0.2) is 6.04 Å². The van der Waals surface area contributed by atoms with Gasteiger partial charge in [-0.25, -0.2) is 0 Å². The van der Waals surface area contributed by atoms with Crippen molar-refractivity contribution in [1.29, 1.82) is 0 Å². The van der Waals surface area contributed by atoms with Gasteiger partial charge in [-0.1, -0.05) is 66.2 Å². The molecule has 3 rings (SSSR count). The van der Waals surface area contributed by atoms with Gasteiger partial charge in [0.25, 0.3) is 5.91 Å². The lowest BCUT2D eigenvalue weighted by Crippen LogP contribution is -3.30. The van der Waals surface area contributed by atoms with Crippen LogP contribution in [0.2, 0.25) is 0 Å². The van der Waals surface area contributed by atoms with E-state index >= 15 is 0 Å². The Hall–Kier alpha value is -2.43. The molecule has 2 aromatic rings. The van der Waals surface area contributed by atoms with Gasteiger partial charge < -0.3 is 15.1 Å². The Morgan fingerprint density at radius 3 is 2.39 bits per heavy atom. The summed E-state index contributed by atoms with van der Waals surface area (Å²) in [5.41, 5.74) is 3.65. The highest BCUT2D eigenvalue weighted by molar-refractivity contribution is 5.79. The molecule has 0 unspecified atom stereocenters. The summed E-state index contributed by atoms with van der Waals surface area (Å²) in [5, 5.41) is 3.10. The summed E-state index contributed by atoms with van der Waals surface area (Å²) in [6, 6.07) is 18.8. The fourth-order valence-electron chi connectivity index (χ4n) is 3.72. The molecule has 1 aliphatic heterocycles. The first-order chi connectivity index (χ1) is 13.6. The first-order valence-corrected chi connectivity index (χ1v) is 10.3. The summed E-state index contributed by atoms with van der Waals surface area (Å²) < 4.78 is 0. The quantitative estimate of drug-likeness (QED) is 0.644. The standard InChI is InChI=1S/C24H31N3O/c1-20-10-12-23(13-11-20)19-25-24(28)21(2)27-17-15-26(16-18-27)14-6-9-22-7-4-3-5-8-22/h3-13,21H,14-19H2,1-2H3,(H,25,28)/p+2/b9-6+/t21-/m1/s1. The molecule has 0 bridgehead atoms. The minimum Gasteiger partial charge on any atom is -0.347 e. The van der Waals surface area contributed by atoms with Gasteiger partial charge in [-0.2, -0.15) is 0 Å². The maximum Gasteiger partial charge on any atom is 0.278 e. The van der Waals surface area contributed by atoms with Crippen LogP contribution >= 0.6 is 0 Å². The van der Waals surface area contributed by atoms with Gasteiger partial charge >= 0.3 is 0 Å². The van der Waals surface area contributed by atoms with Gasteiger partial charge in [-0.05, 0) is 31.1 Å². The van der Waals surface area contributed by atoms with Crippen molar-refractivity contribution in [2.75, 3.05) is 32.7 Å². The van der Waals surface area contributed by atoms with E-state index in [1.54, 1.807) is 4.90 Å². The summed E-state index contributed by atoms with van der Waals surface area (Å²) in [4.78, 5) is 15.5. The Morgan fingerprint density at radius 1 is 1.04 bits per heavy atom. The van der Waals surface area contributed by atoms with E-state index in [1.807, 2.05) is 6.07 Å². The van der Waals surface area contributed by atoms with E-state index in [0.717, 1.165) is 38.3 Å². The van der Waals surface area contributed by atoms with Crippen molar-refractivity contribution in [3.05, 3.63) is 77.4 Å². The number of hydrogen-bond donors (Lipinski definition) is 3. The van der Waals surface area contributed by atoms with E-state index in [0.29, 0.717) is 6.54 Å². The molecule has 1 saturated heterocycles. The van der Waals surface area contributed by atoms with Crippen molar-refractivity contribution in [2.45, 2.75) is 26.4 Å². The average molecular weight is 380 g/mol. The fraction of sp³-hybridized carbons (Fsp3) is 0.375. The summed E-state index contributed by atoms with van der Waals surface area (Å²) in [7, 11) is 0. The Morgan fingerprint density at radius 2 is 1.71 bits per heavy atom. The minimum absolute atomic E-state index is 0.00635. The number of piperazine rings is 1. The Balaban J connectivity index is 1.39. The number of carbonyl (C=O) groups excluding carboxylic acids is 1. The topological polar surface area (TPSA) is 38.0 Å². The number of carbonyl (C=O) groups is 1. The van der Waals surface area contributed by atoms with E-state index in [-0.39, 0.29) is 11.9 Å². The second kappa shape index (κ2) is 10.2. The van der Waals surface area contributed by atoms with Crippen LogP contribution in [0.1, 0.15) is 23.6 Å². The maximum atomic E-state index is 12.5. The van der Waals surface area contributed by atoms with Crippen LogP contribution < -0.4 is 15.1 Å². The molecule has 1 heterocycles. The lowest BCUT2D eigenvalue weighted by atomic mass is 10.1. The van der Waals surface area contributed by atoms with Crippen LogP contribution in [0.3, 0.4) is 0 Å². The smallest absolute Gasteiger partial charge is 0.278 e. The molecule has 1 atom stereocenters. The lowest BCUT2D eigenvalue weighted by molar-refractivity contribution is -1.02.